The van der Waals surface area contributed by atoms with E-state index in [1.54, 1.807) is 0 Å². The molecule has 0 aliphatic heterocycles. The highest BCUT2D eigenvalue weighted by atomic mass is 16.8. The predicted octanol–water partition coefficient (Wildman–Crippen LogP) is -0.269. The summed E-state index contributed by atoms with van der Waals surface area (Å²) in [6.45, 7) is 30.6. The molecule has 24 heteroatoms. The fourth-order valence-corrected chi connectivity index (χ4v) is 4.73. The normalized spacial score (nSPS) is 12.2. The molecule has 0 bridgehead atoms. The molecule has 0 spiro atoms. The summed E-state index contributed by atoms with van der Waals surface area (Å²) >= 11 is 0. The molecule has 1 aromatic heterocycles. The van der Waals surface area contributed by atoms with Crippen LogP contribution in [0.25, 0.3) is 0 Å². The third-order valence-corrected chi connectivity index (χ3v) is 7.48. The fraction of sp³-hybridized carbons (Fsp3) is 0.231. The molecule has 1 rings (SSSR count). The predicted molar refractivity (Wildman–Crippen MR) is 208 cm³/mol. The molecule has 0 aliphatic rings. The number of nitrogens with zero attached hydrogens (tertiary/aromatic N) is 3. The van der Waals surface area contributed by atoms with Gasteiger partial charge in [0, 0.05) is 54.7 Å². The van der Waals surface area contributed by atoms with Crippen molar-refractivity contribution in [2.45, 2.75) is 56.8 Å². The first-order valence-electron chi connectivity index (χ1n) is 17.1. The second-order valence-corrected chi connectivity index (χ2v) is 11.3. The van der Waals surface area contributed by atoms with Crippen molar-refractivity contribution in [3.63, 3.8) is 0 Å². The first-order chi connectivity index (χ1) is 29.5. The number of aromatic nitrogens is 3. The number of ether oxygens (including phenoxy) is 9. The molecule has 336 valence electrons. The van der Waals surface area contributed by atoms with E-state index in [0.717, 1.165) is 0 Å². The summed E-state index contributed by atoms with van der Waals surface area (Å²) in [4.78, 5) is 163. The highest BCUT2D eigenvalue weighted by molar-refractivity contribution is 5.86. The van der Waals surface area contributed by atoms with E-state index in [1.807, 2.05) is 0 Å². The Bertz CT molecular complexity index is 2010. The number of esters is 9. The SMILES string of the molecule is C=CC(=O)OC(C)C(OC(=O)C=C)(OC(=O)C=C)n1c(=O)n(C(OC(=O)C=C)(OC(=O)C=C)C(C)OC(=O)C=C)c(=O)n(C(OC(=O)C=C)(OC(=O)C=C)C(C)OC(=O)C=C)c1=O. The van der Waals surface area contributed by atoms with Crippen LogP contribution >= 0.6 is 0 Å². The van der Waals surface area contributed by atoms with Crippen molar-refractivity contribution in [3.8, 4) is 0 Å². The van der Waals surface area contributed by atoms with E-state index in [4.69, 9.17) is 42.6 Å². The second kappa shape index (κ2) is 22.1. The maximum Gasteiger partial charge on any atom is 0.393 e. The van der Waals surface area contributed by atoms with Crippen molar-refractivity contribution in [1.82, 2.24) is 13.7 Å². The molecular weight excluding hydrogens is 846 g/mol. The zero-order valence-electron chi connectivity index (χ0n) is 33.7. The molecular formula is C39H39N3O21. The molecule has 3 atom stereocenters. The minimum absolute atomic E-state index is 0.329. The van der Waals surface area contributed by atoms with Gasteiger partial charge in [-0.2, -0.15) is 13.7 Å². The number of hydrogen-bond acceptors (Lipinski definition) is 21. The molecule has 3 unspecified atom stereocenters. The Labute approximate surface area is 355 Å². The molecule has 0 radical (unpaired) electrons. The van der Waals surface area contributed by atoms with Crippen molar-refractivity contribution >= 4 is 53.7 Å². The molecule has 0 amide bonds. The van der Waals surface area contributed by atoms with Gasteiger partial charge in [0.1, 0.15) is 0 Å². The van der Waals surface area contributed by atoms with Crippen molar-refractivity contribution < 1.29 is 85.8 Å². The van der Waals surface area contributed by atoms with E-state index >= 15 is 14.4 Å². The quantitative estimate of drug-likeness (QED) is 0.0558. The highest BCUT2D eigenvalue weighted by Gasteiger charge is 2.60. The molecule has 24 nitrogen and oxygen atoms in total. The Morgan fingerprint density at radius 1 is 0.349 bits per heavy atom. The molecule has 63 heavy (non-hydrogen) atoms. The molecule has 1 heterocycles. The number of hydrogen-bond donors (Lipinski definition) is 0. The van der Waals surface area contributed by atoms with E-state index in [2.05, 4.69) is 59.2 Å². The Kier molecular flexibility index (Phi) is 18.3. The topological polar surface area (TPSA) is 303 Å². The average molecular weight is 886 g/mol. The Morgan fingerprint density at radius 3 is 0.619 bits per heavy atom. The van der Waals surface area contributed by atoms with Gasteiger partial charge >= 0.3 is 88.5 Å². The zero-order valence-corrected chi connectivity index (χ0v) is 33.7. The van der Waals surface area contributed by atoms with Crippen LogP contribution in [0.3, 0.4) is 0 Å². The smallest absolute Gasteiger partial charge is 0.393 e. The molecule has 0 saturated heterocycles. The van der Waals surface area contributed by atoms with Crippen LogP contribution in [0.1, 0.15) is 20.8 Å². The van der Waals surface area contributed by atoms with Crippen LogP contribution < -0.4 is 17.1 Å². The summed E-state index contributed by atoms with van der Waals surface area (Å²) in [7, 11) is 0. The van der Waals surface area contributed by atoms with Crippen LogP contribution in [0.2, 0.25) is 0 Å². The first kappa shape index (κ1) is 52.3. The van der Waals surface area contributed by atoms with E-state index < -0.39 is 121 Å². The lowest BCUT2D eigenvalue weighted by atomic mass is 10.2. The van der Waals surface area contributed by atoms with E-state index in [1.165, 1.54) is 0 Å². The Hall–Kier alpha value is -8.70. The monoisotopic (exact) mass is 885 g/mol. The van der Waals surface area contributed by atoms with Gasteiger partial charge in [-0.15, -0.1) is 0 Å². The van der Waals surface area contributed by atoms with Gasteiger partial charge in [0.25, 0.3) is 0 Å². The van der Waals surface area contributed by atoms with E-state index in [9.17, 15) is 43.2 Å². The maximum atomic E-state index is 15.3. The number of carbonyl (C=O) groups is 9. The van der Waals surface area contributed by atoms with Crippen LogP contribution in [0.5, 0.6) is 0 Å². The minimum atomic E-state index is -3.99. The van der Waals surface area contributed by atoms with Gasteiger partial charge in [-0.25, -0.2) is 57.5 Å². The Morgan fingerprint density at radius 2 is 0.492 bits per heavy atom. The van der Waals surface area contributed by atoms with Crippen molar-refractivity contribution in [2.75, 3.05) is 0 Å². The van der Waals surface area contributed by atoms with Gasteiger partial charge in [-0.3, -0.25) is 0 Å². The summed E-state index contributed by atoms with van der Waals surface area (Å²) in [5.41, 5.74) is -7.33. The molecule has 0 fully saturated rings. The van der Waals surface area contributed by atoms with Gasteiger partial charge in [0.15, 0.2) is 18.3 Å². The minimum Gasteiger partial charge on any atom is -0.449 e. The fourth-order valence-electron chi connectivity index (χ4n) is 4.73. The molecule has 1 aromatic rings. The molecule has 0 N–H and O–H groups in total. The number of carbonyl (C=O) groups excluding carboxylic acids is 9. The van der Waals surface area contributed by atoms with Gasteiger partial charge in [-0.05, 0) is 20.8 Å². The van der Waals surface area contributed by atoms with Gasteiger partial charge < -0.3 is 42.6 Å². The van der Waals surface area contributed by atoms with Gasteiger partial charge in [0.2, 0.25) is 0 Å². The highest BCUT2D eigenvalue weighted by Crippen LogP contribution is 2.32. The van der Waals surface area contributed by atoms with Gasteiger partial charge in [0.05, 0.1) is 0 Å². The average Bonchev–Trinajstić information content (AvgIpc) is 3.24. The lowest BCUT2D eigenvalue weighted by molar-refractivity contribution is -0.324. The van der Waals surface area contributed by atoms with Crippen LogP contribution in [0, 0.1) is 0 Å². The van der Waals surface area contributed by atoms with Crippen molar-refractivity contribution in [3.05, 3.63) is 145 Å². The molecule has 0 saturated carbocycles. The summed E-state index contributed by atoms with van der Waals surface area (Å²) in [6.07, 6.45) is -4.24. The third kappa shape index (κ3) is 11.3. The third-order valence-electron chi connectivity index (χ3n) is 7.48. The Balaban J connectivity index is 5.71. The van der Waals surface area contributed by atoms with Crippen LogP contribution in [-0.4, -0.2) is 85.7 Å². The summed E-state index contributed by atoms with van der Waals surface area (Å²) in [6, 6.07) is 0. The standard InChI is InChI=1S/C39H39N3O21/c1-13-25(43)55-22(10)37(58-28(46)16-4,59-29(47)17-5)40-34(52)41(38(60-30(48)18-6,61-31(49)19-7)23(11)56-26(44)14-2)36(54)42(35(40)53)39(62-32(50)20-8,63-33(51)21-9)24(12)57-27(45)15-3/h13-24H,1-9H2,10-12H3. The molecule has 0 aromatic carbocycles. The summed E-state index contributed by atoms with van der Waals surface area (Å²) < 4.78 is 45.1. The van der Waals surface area contributed by atoms with Crippen molar-refractivity contribution in [2.24, 2.45) is 0 Å². The number of rotatable bonds is 24. The largest absolute Gasteiger partial charge is 0.449 e. The van der Waals surface area contributed by atoms with Crippen LogP contribution in [-0.2, 0) is 104 Å². The maximum absolute atomic E-state index is 15.3. The van der Waals surface area contributed by atoms with Crippen LogP contribution in [0.4, 0.5) is 0 Å². The molecule has 0 aliphatic carbocycles. The second-order valence-electron chi connectivity index (χ2n) is 11.3. The lowest BCUT2D eigenvalue weighted by Gasteiger charge is -2.41. The summed E-state index contributed by atoms with van der Waals surface area (Å²) in [5.74, 6) is -26.9. The van der Waals surface area contributed by atoms with E-state index in [-0.39, 0.29) is 0 Å². The lowest BCUT2D eigenvalue weighted by Crippen LogP contribution is -2.74. The van der Waals surface area contributed by atoms with Gasteiger partial charge in [-0.1, -0.05) is 59.2 Å². The van der Waals surface area contributed by atoms with Crippen molar-refractivity contribution in [1.29, 1.82) is 0 Å². The zero-order chi connectivity index (χ0) is 48.6. The summed E-state index contributed by atoms with van der Waals surface area (Å²) in [5, 5.41) is 0. The van der Waals surface area contributed by atoms with Crippen LogP contribution in [0.15, 0.2) is 128 Å². The van der Waals surface area contributed by atoms with E-state index in [0.29, 0.717) is 75.5 Å². The first-order valence-corrected chi connectivity index (χ1v) is 17.1.